The number of benzene rings is 3. The fourth-order valence-electron chi connectivity index (χ4n) is 3.45. The molecular formula is C27H20Cl2N4O2. The molecule has 0 aliphatic rings. The fraction of sp³-hybridized carbons (Fsp3) is 0.0741. The van der Waals surface area contributed by atoms with E-state index in [2.05, 4.69) is 5.32 Å². The van der Waals surface area contributed by atoms with Crippen molar-refractivity contribution in [1.29, 1.82) is 5.26 Å². The minimum atomic E-state index is -0.604. The van der Waals surface area contributed by atoms with Crippen LogP contribution in [0.25, 0.3) is 17.3 Å². The summed E-state index contributed by atoms with van der Waals surface area (Å²) < 4.78 is 7.03. The minimum absolute atomic E-state index is 0.102. The third-order valence-electron chi connectivity index (χ3n) is 5.18. The van der Waals surface area contributed by atoms with Crippen molar-refractivity contribution >= 4 is 40.9 Å². The van der Waals surface area contributed by atoms with Crippen molar-refractivity contribution in [2.24, 2.45) is 0 Å². The zero-order valence-electron chi connectivity index (χ0n) is 18.7. The number of methoxy groups -OCH3 is 1. The molecule has 6 nitrogen and oxygen atoms in total. The standard InChI is InChI=1S/C27H20Cl2N4O2/c1-35-23-10-7-19(8-11-23)26-21(17-33(32-26)16-18-5-3-2-4-6-18)13-20(15-30)27(34)31-25-14-22(28)9-12-24(25)29/h2-14,17H,16H2,1H3,(H,31,34)/b20-13+. The van der Waals surface area contributed by atoms with Gasteiger partial charge in [0.05, 0.1) is 30.1 Å². The molecule has 0 radical (unpaired) electrons. The van der Waals surface area contributed by atoms with Gasteiger partial charge in [-0.2, -0.15) is 10.4 Å². The van der Waals surface area contributed by atoms with Gasteiger partial charge in [0.15, 0.2) is 0 Å². The normalized spacial score (nSPS) is 11.1. The number of halogens is 2. The van der Waals surface area contributed by atoms with Crippen LogP contribution in [0.3, 0.4) is 0 Å². The number of carbonyl (C=O) groups excluding carboxylic acids is 1. The van der Waals surface area contributed by atoms with Crippen LogP contribution in [0.5, 0.6) is 5.75 Å². The highest BCUT2D eigenvalue weighted by atomic mass is 35.5. The summed E-state index contributed by atoms with van der Waals surface area (Å²) in [4.78, 5) is 12.9. The number of nitrogens with one attached hydrogen (secondary N) is 1. The van der Waals surface area contributed by atoms with Gasteiger partial charge in [-0.15, -0.1) is 0 Å². The van der Waals surface area contributed by atoms with Crippen molar-refractivity contribution in [1.82, 2.24) is 9.78 Å². The van der Waals surface area contributed by atoms with Crippen LogP contribution in [0, 0.1) is 11.3 Å². The van der Waals surface area contributed by atoms with E-state index in [1.54, 1.807) is 23.9 Å². The Morgan fingerprint density at radius 1 is 1.11 bits per heavy atom. The molecule has 0 saturated carbocycles. The van der Waals surface area contributed by atoms with Gasteiger partial charge in [0.2, 0.25) is 0 Å². The molecule has 1 amide bonds. The Bertz CT molecular complexity index is 1420. The number of hydrogen-bond donors (Lipinski definition) is 1. The first-order valence-corrected chi connectivity index (χ1v) is 11.4. The maximum Gasteiger partial charge on any atom is 0.266 e. The van der Waals surface area contributed by atoms with Gasteiger partial charge < -0.3 is 10.1 Å². The molecule has 0 fully saturated rings. The van der Waals surface area contributed by atoms with Crippen LogP contribution in [0.1, 0.15) is 11.1 Å². The van der Waals surface area contributed by atoms with E-state index in [1.165, 1.54) is 12.1 Å². The second kappa shape index (κ2) is 10.9. The van der Waals surface area contributed by atoms with E-state index in [0.29, 0.717) is 39.3 Å². The molecule has 0 aliphatic carbocycles. The van der Waals surface area contributed by atoms with Crippen molar-refractivity contribution in [3.63, 3.8) is 0 Å². The summed E-state index contributed by atoms with van der Waals surface area (Å²) in [7, 11) is 1.60. The highest BCUT2D eigenvalue weighted by molar-refractivity contribution is 6.36. The average Bonchev–Trinajstić information content (AvgIpc) is 3.27. The number of nitriles is 1. The highest BCUT2D eigenvalue weighted by Gasteiger charge is 2.16. The Morgan fingerprint density at radius 2 is 1.86 bits per heavy atom. The molecule has 4 aromatic rings. The number of hydrogen-bond acceptors (Lipinski definition) is 4. The first kappa shape index (κ1) is 24.1. The molecule has 0 bridgehead atoms. The van der Waals surface area contributed by atoms with Gasteiger partial charge in [-0.05, 0) is 54.1 Å². The van der Waals surface area contributed by atoms with Gasteiger partial charge in [0, 0.05) is 22.3 Å². The van der Waals surface area contributed by atoms with Gasteiger partial charge in [-0.3, -0.25) is 9.48 Å². The average molecular weight is 503 g/mol. The Morgan fingerprint density at radius 3 is 2.54 bits per heavy atom. The summed E-state index contributed by atoms with van der Waals surface area (Å²) in [5, 5.41) is 17.9. The molecule has 1 heterocycles. The smallest absolute Gasteiger partial charge is 0.266 e. The molecule has 0 spiro atoms. The molecule has 35 heavy (non-hydrogen) atoms. The van der Waals surface area contributed by atoms with E-state index in [4.69, 9.17) is 33.0 Å². The second-order valence-corrected chi connectivity index (χ2v) is 8.44. The molecule has 1 aromatic heterocycles. The van der Waals surface area contributed by atoms with Crippen LogP contribution in [0.4, 0.5) is 5.69 Å². The number of ether oxygens (including phenoxy) is 1. The Hall–Kier alpha value is -4.05. The zero-order chi connectivity index (χ0) is 24.8. The molecule has 1 N–H and O–H groups in total. The lowest BCUT2D eigenvalue weighted by Gasteiger charge is -2.07. The molecular weight excluding hydrogens is 483 g/mol. The molecule has 174 valence electrons. The summed E-state index contributed by atoms with van der Waals surface area (Å²) in [5.74, 6) is 0.109. The third kappa shape index (κ3) is 5.90. The van der Waals surface area contributed by atoms with Crippen molar-refractivity contribution in [2.75, 3.05) is 12.4 Å². The predicted octanol–water partition coefficient (Wildman–Crippen LogP) is 6.46. The first-order chi connectivity index (χ1) is 17.0. The quantitative estimate of drug-likeness (QED) is 0.232. The van der Waals surface area contributed by atoms with Crippen LogP contribution in [0.15, 0.2) is 84.6 Å². The highest BCUT2D eigenvalue weighted by Crippen LogP contribution is 2.28. The lowest BCUT2D eigenvalue weighted by atomic mass is 10.1. The van der Waals surface area contributed by atoms with Crippen LogP contribution in [-0.4, -0.2) is 22.8 Å². The molecule has 4 rings (SSSR count). The number of nitrogens with zero attached hydrogens (tertiary/aromatic N) is 3. The minimum Gasteiger partial charge on any atom is -0.497 e. The summed E-state index contributed by atoms with van der Waals surface area (Å²) in [6.45, 7) is 0.532. The second-order valence-electron chi connectivity index (χ2n) is 7.59. The van der Waals surface area contributed by atoms with E-state index in [-0.39, 0.29) is 5.57 Å². The summed E-state index contributed by atoms with van der Waals surface area (Å²) in [6, 6.07) is 24.0. The van der Waals surface area contributed by atoms with Crippen LogP contribution in [-0.2, 0) is 11.3 Å². The topological polar surface area (TPSA) is 79.9 Å². The number of anilines is 1. The molecule has 0 saturated heterocycles. The van der Waals surface area contributed by atoms with Crippen molar-refractivity contribution in [2.45, 2.75) is 6.54 Å². The van der Waals surface area contributed by atoms with Gasteiger partial charge in [-0.1, -0.05) is 53.5 Å². The van der Waals surface area contributed by atoms with Crippen LogP contribution < -0.4 is 10.1 Å². The van der Waals surface area contributed by atoms with E-state index >= 15 is 0 Å². The van der Waals surface area contributed by atoms with Gasteiger partial charge in [0.25, 0.3) is 5.91 Å². The predicted molar refractivity (Wildman–Crippen MR) is 138 cm³/mol. The summed E-state index contributed by atoms with van der Waals surface area (Å²) >= 11 is 12.2. The number of amides is 1. The maximum absolute atomic E-state index is 12.9. The fourth-order valence-corrected chi connectivity index (χ4v) is 3.79. The Kier molecular flexibility index (Phi) is 7.51. The van der Waals surface area contributed by atoms with Crippen molar-refractivity contribution in [3.8, 4) is 23.1 Å². The maximum atomic E-state index is 12.9. The molecule has 0 unspecified atom stereocenters. The van der Waals surface area contributed by atoms with E-state index in [0.717, 1.165) is 11.1 Å². The number of aromatic nitrogens is 2. The van der Waals surface area contributed by atoms with E-state index in [1.807, 2.05) is 66.9 Å². The lowest BCUT2D eigenvalue weighted by Crippen LogP contribution is -2.13. The van der Waals surface area contributed by atoms with Gasteiger partial charge in [-0.25, -0.2) is 0 Å². The van der Waals surface area contributed by atoms with E-state index in [9.17, 15) is 10.1 Å². The number of carbonyl (C=O) groups is 1. The van der Waals surface area contributed by atoms with Crippen LogP contribution >= 0.6 is 23.2 Å². The molecule has 0 aliphatic heterocycles. The Labute approximate surface area is 213 Å². The molecule has 3 aromatic carbocycles. The van der Waals surface area contributed by atoms with Crippen LogP contribution in [0.2, 0.25) is 10.0 Å². The monoisotopic (exact) mass is 502 g/mol. The Balaban J connectivity index is 1.71. The largest absolute Gasteiger partial charge is 0.497 e. The third-order valence-corrected chi connectivity index (χ3v) is 5.75. The first-order valence-electron chi connectivity index (χ1n) is 10.6. The SMILES string of the molecule is COc1ccc(-c2nn(Cc3ccccc3)cc2/C=C(\C#N)C(=O)Nc2cc(Cl)ccc2Cl)cc1. The zero-order valence-corrected chi connectivity index (χ0v) is 20.2. The van der Waals surface area contributed by atoms with Gasteiger partial charge >= 0.3 is 0 Å². The summed E-state index contributed by atoms with van der Waals surface area (Å²) in [6.07, 6.45) is 3.32. The van der Waals surface area contributed by atoms with Crippen molar-refractivity contribution < 1.29 is 9.53 Å². The van der Waals surface area contributed by atoms with Crippen molar-refractivity contribution in [3.05, 3.63) is 106 Å². The van der Waals surface area contributed by atoms with E-state index < -0.39 is 5.91 Å². The summed E-state index contributed by atoms with van der Waals surface area (Å²) in [5.41, 5.74) is 3.36. The number of rotatable bonds is 7. The lowest BCUT2D eigenvalue weighted by molar-refractivity contribution is -0.112. The van der Waals surface area contributed by atoms with Gasteiger partial charge in [0.1, 0.15) is 17.4 Å². The molecule has 0 atom stereocenters. The molecule has 8 heteroatoms.